The zero-order valence-corrected chi connectivity index (χ0v) is 13.2. The highest BCUT2D eigenvalue weighted by Gasteiger charge is 2.27. The topological polar surface area (TPSA) is 62.5 Å². The van der Waals surface area contributed by atoms with Gasteiger partial charge in [-0.2, -0.15) is 9.61 Å². The fourth-order valence-electron chi connectivity index (χ4n) is 3.42. The number of halogens is 1. The molecule has 6 heteroatoms. The van der Waals surface area contributed by atoms with Crippen molar-refractivity contribution in [3.05, 3.63) is 48.4 Å². The number of anilines is 1. The largest absolute Gasteiger partial charge is 0.396 e. The number of aliphatic hydroxyl groups excluding tert-OH is 1. The van der Waals surface area contributed by atoms with Crippen LogP contribution in [-0.2, 0) is 0 Å². The number of nitrogens with one attached hydrogen (secondary N) is 1. The molecule has 0 radical (unpaired) electrons. The van der Waals surface area contributed by atoms with Crippen LogP contribution in [0.1, 0.15) is 19.3 Å². The predicted molar refractivity (Wildman–Crippen MR) is 90.2 cm³/mol. The molecule has 1 saturated carbocycles. The molecule has 1 fully saturated rings. The van der Waals surface area contributed by atoms with Crippen molar-refractivity contribution in [2.45, 2.75) is 25.3 Å². The molecule has 0 amide bonds. The van der Waals surface area contributed by atoms with Gasteiger partial charge in [0.2, 0.25) is 0 Å². The fraction of sp³-hybridized carbons (Fsp3) is 0.333. The molecular formula is C18H19FN4O. The minimum Gasteiger partial charge on any atom is -0.396 e. The number of fused-ring (bicyclic) bond motifs is 1. The van der Waals surface area contributed by atoms with E-state index in [2.05, 4.69) is 15.4 Å². The summed E-state index contributed by atoms with van der Waals surface area (Å²) < 4.78 is 14.9. The monoisotopic (exact) mass is 326 g/mol. The molecule has 1 aliphatic rings. The van der Waals surface area contributed by atoms with Gasteiger partial charge in [-0.1, -0.05) is 6.42 Å². The zero-order valence-electron chi connectivity index (χ0n) is 13.2. The second-order valence-corrected chi connectivity index (χ2v) is 6.26. The van der Waals surface area contributed by atoms with Gasteiger partial charge in [-0.25, -0.2) is 9.37 Å². The van der Waals surface area contributed by atoms with Gasteiger partial charge in [0.15, 0.2) is 5.65 Å². The Morgan fingerprint density at radius 3 is 2.83 bits per heavy atom. The van der Waals surface area contributed by atoms with E-state index in [0.717, 1.165) is 42.0 Å². The summed E-state index contributed by atoms with van der Waals surface area (Å²) >= 11 is 0. The molecule has 2 aromatic heterocycles. The Labute approximate surface area is 139 Å². The Morgan fingerprint density at radius 2 is 2.04 bits per heavy atom. The Morgan fingerprint density at radius 1 is 1.21 bits per heavy atom. The summed E-state index contributed by atoms with van der Waals surface area (Å²) in [7, 11) is 0. The lowest BCUT2D eigenvalue weighted by atomic mass is 10.1. The first-order valence-electron chi connectivity index (χ1n) is 8.23. The molecule has 3 aromatic rings. The third kappa shape index (κ3) is 2.73. The van der Waals surface area contributed by atoms with E-state index in [1.807, 2.05) is 12.1 Å². The first kappa shape index (κ1) is 15.1. The Kier molecular flexibility index (Phi) is 3.90. The first-order chi connectivity index (χ1) is 11.7. The van der Waals surface area contributed by atoms with Crippen molar-refractivity contribution in [1.82, 2.24) is 14.6 Å². The maximum absolute atomic E-state index is 13.2. The molecule has 5 nitrogen and oxygen atoms in total. The fourth-order valence-corrected chi connectivity index (χ4v) is 3.42. The number of nitrogens with zero attached hydrogens (tertiary/aromatic N) is 3. The normalized spacial score (nSPS) is 20.6. The van der Waals surface area contributed by atoms with E-state index in [9.17, 15) is 9.50 Å². The van der Waals surface area contributed by atoms with E-state index in [1.165, 1.54) is 12.1 Å². The SMILES string of the molecule is OC[C@@H]1CCC[C@@H]1Nc1cc(-c2ccc(F)cc2)nc2ccnn12. The number of rotatable bonds is 4. The van der Waals surface area contributed by atoms with Crippen LogP contribution in [0.15, 0.2) is 42.6 Å². The van der Waals surface area contributed by atoms with Crippen molar-refractivity contribution in [2.75, 3.05) is 11.9 Å². The molecule has 0 spiro atoms. The summed E-state index contributed by atoms with van der Waals surface area (Å²) in [5.41, 5.74) is 2.36. The smallest absolute Gasteiger partial charge is 0.157 e. The molecule has 0 unspecified atom stereocenters. The minimum atomic E-state index is -0.265. The Hall–Kier alpha value is -2.47. The molecule has 4 rings (SSSR count). The quantitative estimate of drug-likeness (QED) is 0.773. The van der Waals surface area contributed by atoms with Gasteiger partial charge in [-0.15, -0.1) is 0 Å². The summed E-state index contributed by atoms with van der Waals surface area (Å²) in [5, 5.41) is 17.4. The highest BCUT2D eigenvalue weighted by Crippen LogP contribution is 2.29. The van der Waals surface area contributed by atoms with Crippen LogP contribution in [-0.4, -0.2) is 32.4 Å². The number of benzene rings is 1. The van der Waals surface area contributed by atoms with Crippen molar-refractivity contribution in [1.29, 1.82) is 0 Å². The van der Waals surface area contributed by atoms with Crippen molar-refractivity contribution < 1.29 is 9.50 Å². The van der Waals surface area contributed by atoms with Crippen LogP contribution in [0.4, 0.5) is 10.2 Å². The van der Waals surface area contributed by atoms with Gasteiger partial charge >= 0.3 is 0 Å². The van der Waals surface area contributed by atoms with Crippen LogP contribution in [0.5, 0.6) is 0 Å². The summed E-state index contributed by atoms with van der Waals surface area (Å²) in [5.74, 6) is 0.840. The van der Waals surface area contributed by atoms with Gasteiger partial charge < -0.3 is 10.4 Å². The van der Waals surface area contributed by atoms with Crippen LogP contribution in [0, 0.1) is 11.7 Å². The van der Waals surface area contributed by atoms with Crippen molar-refractivity contribution >= 4 is 11.5 Å². The second-order valence-electron chi connectivity index (χ2n) is 6.26. The number of aromatic nitrogens is 3. The number of hydrogen-bond donors (Lipinski definition) is 2. The lowest BCUT2D eigenvalue weighted by Crippen LogP contribution is -2.27. The maximum Gasteiger partial charge on any atom is 0.157 e. The lowest BCUT2D eigenvalue weighted by Gasteiger charge is -2.21. The van der Waals surface area contributed by atoms with E-state index in [1.54, 1.807) is 22.8 Å². The number of hydrogen-bond acceptors (Lipinski definition) is 4. The van der Waals surface area contributed by atoms with Crippen LogP contribution < -0.4 is 5.32 Å². The molecule has 124 valence electrons. The summed E-state index contributed by atoms with van der Waals surface area (Å²) in [6.07, 6.45) is 4.88. The van der Waals surface area contributed by atoms with Crippen LogP contribution in [0.2, 0.25) is 0 Å². The van der Waals surface area contributed by atoms with Crippen molar-refractivity contribution in [3.63, 3.8) is 0 Å². The Balaban J connectivity index is 1.73. The van der Waals surface area contributed by atoms with Gasteiger partial charge in [0, 0.05) is 36.3 Å². The highest BCUT2D eigenvalue weighted by atomic mass is 19.1. The minimum absolute atomic E-state index is 0.190. The molecular weight excluding hydrogens is 307 g/mol. The molecule has 1 aromatic carbocycles. The molecule has 1 aliphatic carbocycles. The summed E-state index contributed by atoms with van der Waals surface area (Å²) in [6.45, 7) is 0.190. The molecule has 2 heterocycles. The standard InChI is InChI=1S/C18H19FN4O/c19-14-6-4-12(5-7-14)16-10-18(23-17(22-16)8-9-20-23)21-15-3-1-2-13(15)11-24/h4-10,13,15,21,24H,1-3,11H2/t13-,15-/m0/s1. The van der Waals surface area contributed by atoms with E-state index in [4.69, 9.17) is 0 Å². The van der Waals surface area contributed by atoms with Gasteiger partial charge in [0.1, 0.15) is 11.6 Å². The van der Waals surface area contributed by atoms with Crippen LogP contribution >= 0.6 is 0 Å². The van der Waals surface area contributed by atoms with E-state index >= 15 is 0 Å². The number of aliphatic hydroxyl groups is 1. The van der Waals surface area contributed by atoms with Gasteiger partial charge in [-0.05, 0) is 37.1 Å². The third-order valence-corrected chi connectivity index (χ3v) is 4.73. The predicted octanol–water partition coefficient (Wildman–Crippen LogP) is 3.11. The molecule has 0 bridgehead atoms. The first-order valence-corrected chi connectivity index (χ1v) is 8.23. The van der Waals surface area contributed by atoms with Gasteiger partial charge in [0.25, 0.3) is 0 Å². The summed E-state index contributed by atoms with van der Waals surface area (Å²) in [6, 6.07) is 10.3. The van der Waals surface area contributed by atoms with Crippen LogP contribution in [0.25, 0.3) is 16.9 Å². The third-order valence-electron chi connectivity index (χ3n) is 4.73. The molecule has 0 aliphatic heterocycles. The molecule has 2 atom stereocenters. The highest BCUT2D eigenvalue weighted by molar-refractivity contribution is 5.66. The average molecular weight is 326 g/mol. The van der Waals surface area contributed by atoms with E-state index in [-0.39, 0.29) is 24.4 Å². The van der Waals surface area contributed by atoms with Gasteiger partial charge in [-0.3, -0.25) is 0 Å². The van der Waals surface area contributed by atoms with E-state index < -0.39 is 0 Å². The van der Waals surface area contributed by atoms with Crippen molar-refractivity contribution in [3.8, 4) is 11.3 Å². The van der Waals surface area contributed by atoms with Crippen LogP contribution in [0.3, 0.4) is 0 Å². The Bertz CT molecular complexity index is 846. The molecule has 2 N–H and O–H groups in total. The molecule has 0 saturated heterocycles. The zero-order chi connectivity index (χ0) is 16.5. The van der Waals surface area contributed by atoms with Gasteiger partial charge in [0.05, 0.1) is 11.9 Å². The summed E-state index contributed by atoms with van der Waals surface area (Å²) in [4.78, 5) is 4.60. The lowest BCUT2D eigenvalue weighted by molar-refractivity contribution is 0.222. The average Bonchev–Trinajstić information content (AvgIpc) is 3.24. The molecule has 24 heavy (non-hydrogen) atoms. The second kappa shape index (κ2) is 6.20. The van der Waals surface area contributed by atoms with Crippen molar-refractivity contribution in [2.24, 2.45) is 5.92 Å². The maximum atomic E-state index is 13.2. The van der Waals surface area contributed by atoms with E-state index in [0.29, 0.717) is 0 Å².